The molecule has 0 radical (unpaired) electrons. The Hall–Kier alpha value is -1.06. The average molecular weight is 227 g/mol. The van der Waals surface area contributed by atoms with E-state index in [-0.39, 0.29) is 5.91 Å². The fourth-order valence-electron chi connectivity index (χ4n) is 1.18. The lowest BCUT2D eigenvalue weighted by atomic mass is 10.1. The van der Waals surface area contributed by atoms with Crippen LogP contribution in [0.15, 0.2) is 24.3 Å². The van der Waals surface area contributed by atoms with Gasteiger partial charge in [-0.3, -0.25) is 4.79 Å². The van der Waals surface area contributed by atoms with Crippen LogP contribution in [0.25, 0.3) is 0 Å². The monoisotopic (exact) mass is 226 g/mol. The van der Waals surface area contributed by atoms with Crippen molar-refractivity contribution in [1.82, 2.24) is 10.6 Å². The van der Waals surface area contributed by atoms with Gasteiger partial charge in [-0.15, -0.1) is 0 Å². The molecule has 0 aliphatic carbocycles. The van der Waals surface area contributed by atoms with Gasteiger partial charge in [0.25, 0.3) is 0 Å². The summed E-state index contributed by atoms with van der Waals surface area (Å²) in [5.74, 6) is 0.0348. The largest absolute Gasteiger partial charge is 0.355 e. The molecule has 4 heteroatoms. The topological polar surface area (TPSA) is 41.1 Å². The third kappa shape index (κ3) is 4.81. The molecule has 82 valence electrons. The van der Waals surface area contributed by atoms with E-state index in [0.717, 1.165) is 12.1 Å². The van der Waals surface area contributed by atoms with Crippen molar-refractivity contribution in [2.45, 2.75) is 6.42 Å². The molecule has 0 unspecified atom stereocenters. The summed E-state index contributed by atoms with van der Waals surface area (Å²) >= 11 is 5.74. The Morgan fingerprint density at radius 2 is 1.93 bits per heavy atom. The van der Waals surface area contributed by atoms with E-state index in [0.29, 0.717) is 18.0 Å². The fraction of sp³-hybridized carbons (Fsp3) is 0.364. The van der Waals surface area contributed by atoms with Crippen LogP contribution < -0.4 is 10.6 Å². The molecule has 0 spiro atoms. The van der Waals surface area contributed by atoms with Crippen LogP contribution in [0.1, 0.15) is 5.56 Å². The van der Waals surface area contributed by atoms with E-state index in [1.807, 2.05) is 19.2 Å². The molecule has 0 saturated carbocycles. The second-order valence-electron chi connectivity index (χ2n) is 3.26. The number of benzene rings is 1. The number of hydrogen-bond donors (Lipinski definition) is 2. The molecule has 1 rings (SSSR count). The van der Waals surface area contributed by atoms with E-state index in [1.54, 1.807) is 12.1 Å². The number of rotatable bonds is 5. The standard InChI is InChI=1S/C11H15ClN2O/c1-13-6-7-14-11(15)8-9-2-4-10(12)5-3-9/h2-5,13H,6-8H2,1H3,(H,14,15). The van der Waals surface area contributed by atoms with Crippen LogP contribution in [0.3, 0.4) is 0 Å². The first kappa shape index (κ1) is 12.0. The van der Waals surface area contributed by atoms with Gasteiger partial charge in [0, 0.05) is 18.1 Å². The molecule has 15 heavy (non-hydrogen) atoms. The van der Waals surface area contributed by atoms with Crippen LogP contribution in [0.5, 0.6) is 0 Å². The van der Waals surface area contributed by atoms with Gasteiger partial charge in [-0.25, -0.2) is 0 Å². The molecule has 0 aromatic heterocycles. The SMILES string of the molecule is CNCCNC(=O)Cc1ccc(Cl)cc1. The lowest BCUT2D eigenvalue weighted by Gasteiger charge is -2.04. The maximum Gasteiger partial charge on any atom is 0.224 e. The molecule has 0 aliphatic rings. The molecule has 0 aliphatic heterocycles. The molecule has 2 N–H and O–H groups in total. The smallest absolute Gasteiger partial charge is 0.224 e. The normalized spacial score (nSPS) is 10.0. The van der Waals surface area contributed by atoms with Crippen molar-refractivity contribution in [1.29, 1.82) is 0 Å². The van der Waals surface area contributed by atoms with E-state index in [4.69, 9.17) is 11.6 Å². The third-order valence-corrected chi connectivity index (χ3v) is 2.23. The lowest BCUT2D eigenvalue weighted by Crippen LogP contribution is -2.31. The van der Waals surface area contributed by atoms with Gasteiger partial charge in [0.05, 0.1) is 6.42 Å². The van der Waals surface area contributed by atoms with Gasteiger partial charge in [0.2, 0.25) is 5.91 Å². The third-order valence-electron chi connectivity index (χ3n) is 1.98. The first-order valence-corrected chi connectivity index (χ1v) is 5.26. The molecule has 0 heterocycles. The van der Waals surface area contributed by atoms with Crippen LogP contribution in [0.2, 0.25) is 5.02 Å². The van der Waals surface area contributed by atoms with Crippen LogP contribution in [0, 0.1) is 0 Å². The van der Waals surface area contributed by atoms with Gasteiger partial charge in [0.1, 0.15) is 0 Å². The molecule has 1 aromatic rings. The summed E-state index contributed by atoms with van der Waals surface area (Å²) in [6.07, 6.45) is 0.404. The molecule has 0 bridgehead atoms. The van der Waals surface area contributed by atoms with Crippen molar-refractivity contribution in [3.05, 3.63) is 34.9 Å². The van der Waals surface area contributed by atoms with Crippen LogP contribution in [0.4, 0.5) is 0 Å². The van der Waals surface area contributed by atoms with Gasteiger partial charge < -0.3 is 10.6 Å². The summed E-state index contributed by atoms with van der Waals surface area (Å²) in [5, 5.41) is 6.46. The number of nitrogens with one attached hydrogen (secondary N) is 2. The number of carbonyl (C=O) groups is 1. The maximum absolute atomic E-state index is 11.4. The van der Waals surface area contributed by atoms with E-state index < -0.39 is 0 Å². The minimum Gasteiger partial charge on any atom is -0.355 e. The zero-order chi connectivity index (χ0) is 11.1. The quantitative estimate of drug-likeness (QED) is 0.742. The summed E-state index contributed by atoms with van der Waals surface area (Å²) in [6, 6.07) is 7.30. The van der Waals surface area contributed by atoms with Gasteiger partial charge in [-0.2, -0.15) is 0 Å². The van der Waals surface area contributed by atoms with E-state index in [9.17, 15) is 4.79 Å². The second-order valence-corrected chi connectivity index (χ2v) is 3.69. The molecule has 3 nitrogen and oxygen atoms in total. The average Bonchev–Trinajstić information content (AvgIpc) is 2.22. The molecular weight excluding hydrogens is 212 g/mol. The maximum atomic E-state index is 11.4. The Morgan fingerprint density at radius 1 is 1.27 bits per heavy atom. The summed E-state index contributed by atoms with van der Waals surface area (Å²) in [6.45, 7) is 1.44. The van der Waals surface area contributed by atoms with E-state index in [2.05, 4.69) is 10.6 Å². The minimum absolute atomic E-state index is 0.0348. The second kappa shape index (κ2) is 6.43. The van der Waals surface area contributed by atoms with E-state index in [1.165, 1.54) is 0 Å². The highest BCUT2D eigenvalue weighted by Gasteiger charge is 2.01. The minimum atomic E-state index is 0.0348. The predicted octanol–water partition coefficient (Wildman–Crippen LogP) is 1.22. The summed E-state index contributed by atoms with van der Waals surface area (Å²) < 4.78 is 0. The van der Waals surface area contributed by atoms with Crippen molar-refractivity contribution in [2.75, 3.05) is 20.1 Å². The molecule has 0 saturated heterocycles. The summed E-state index contributed by atoms with van der Waals surface area (Å²) in [7, 11) is 1.85. The zero-order valence-electron chi connectivity index (χ0n) is 8.72. The Bertz CT molecular complexity index is 311. The van der Waals surface area contributed by atoms with Crippen molar-refractivity contribution in [2.24, 2.45) is 0 Å². The van der Waals surface area contributed by atoms with Crippen molar-refractivity contribution >= 4 is 17.5 Å². The van der Waals surface area contributed by atoms with Crippen molar-refractivity contribution in [3.8, 4) is 0 Å². The Kier molecular flexibility index (Phi) is 5.15. The fourth-order valence-corrected chi connectivity index (χ4v) is 1.30. The van der Waals surface area contributed by atoms with Gasteiger partial charge in [-0.05, 0) is 24.7 Å². The highest BCUT2D eigenvalue weighted by atomic mass is 35.5. The van der Waals surface area contributed by atoms with Gasteiger partial charge in [-0.1, -0.05) is 23.7 Å². The van der Waals surface area contributed by atoms with E-state index >= 15 is 0 Å². The van der Waals surface area contributed by atoms with Gasteiger partial charge >= 0.3 is 0 Å². The predicted molar refractivity (Wildman–Crippen MR) is 62.1 cm³/mol. The van der Waals surface area contributed by atoms with Crippen LogP contribution >= 0.6 is 11.6 Å². The molecule has 0 atom stereocenters. The highest BCUT2D eigenvalue weighted by molar-refractivity contribution is 6.30. The van der Waals surface area contributed by atoms with Crippen molar-refractivity contribution < 1.29 is 4.79 Å². The molecule has 0 fully saturated rings. The van der Waals surface area contributed by atoms with Crippen molar-refractivity contribution in [3.63, 3.8) is 0 Å². The Balaban J connectivity index is 2.34. The summed E-state index contributed by atoms with van der Waals surface area (Å²) in [4.78, 5) is 11.4. The number of likely N-dealkylation sites (N-methyl/N-ethyl adjacent to an activating group) is 1. The lowest BCUT2D eigenvalue weighted by molar-refractivity contribution is -0.120. The van der Waals surface area contributed by atoms with Gasteiger partial charge in [0.15, 0.2) is 0 Å². The Labute approximate surface area is 94.8 Å². The summed E-state index contributed by atoms with van der Waals surface area (Å²) in [5.41, 5.74) is 0.973. The first-order chi connectivity index (χ1) is 7.22. The highest BCUT2D eigenvalue weighted by Crippen LogP contribution is 2.09. The number of carbonyl (C=O) groups excluding carboxylic acids is 1. The number of hydrogen-bond acceptors (Lipinski definition) is 2. The number of halogens is 1. The van der Waals surface area contributed by atoms with Crippen LogP contribution in [-0.2, 0) is 11.2 Å². The number of amides is 1. The zero-order valence-corrected chi connectivity index (χ0v) is 9.47. The molecular formula is C11H15ClN2O. The molecule has 1 aromatic carbocycles. The first-order valence-electron chi connectivity index (χ1n) is 4.88. The Morgan fingerprint density at radius 3 is 2.53 bits per heavy atom. The van der Waals surface area contributed by atoms with Crippen LogP contribution in [-0.4, -0.2) is 26.0 Å². The molecule has 1 amide bonds.